The molecule has 18 heavy (non-hydrogen) atoms. The van der Waals surface area contributed by atoms with Crippen LogP contribution in [0.25, 0.3) is 0 Å². The second-order valence-corrected chi connectivity index (χ2v) is 3.90. The van der Waals surface area contributed by atoms with Crippen LogP contribution in [0.1, 0.15) is 5.56 Å². The average Bonchev–Trinajstić information content (AvgIpc) is 2.44. The number of ether oxygens (including phenoxy) is 1. The Morgan fingerprint density at radius 3 is 2.33 bits per heavy atom. The fourth-order valence-electron chi connectivity index (χ4n) is 1.41. The van der Waals surface area contributed by atoms with E-state index in [1.807, 2.05) is 6.07 Å². The summed E-state index contributed by atoms with van der Waals surface area (Å²) < 4.78 is 5.03. The van der Waals surface area contributed by atoms with Crippen molar-refractivity contribution in [2.24, 2.45) is 0 Å². The van der Waals surface area contributed by atoms with Crippen molar-refractivity contribution in [1.82, 2.24) is 0 Å². The van der Waals surface area contributed by atoms with Crippen LogP contribution in [0, 0.1) is 11.3 Å². The van der Waals surface area contributed by atoms with E-state index in [1.54, 1.807) is 18.2 Å². The van der Waals surface area contributed by atoms with E-state index in [-0.39, 0.29) is 0 Å². The molecule has 0 atom stereocenters. The minimum Gasteiger partial charge on any atom is -0.497 e. The van der Waals surface area contributed by atoms with Crippen LogP contribution >= 0.6 is 0 Å². The third kappa shape index (κ3) is 2.90. The third-order valence-corrected chi connectivity index (χ3v) is 2.66. The van der Waals surface area contributed by atoms with Crippen molar-refractivity contribution in [1.29, 1.82) is 5.26 Å². The van der Waals surface area contributed by atoms with Crippen LogP contribution < -0.4 is 10.1 Å². The minimum atomic E-state index is -1.28. The first-order valence-electron chi connectivity index (χ1n) is 5.33. The van der Waals surface area contributed by atoms with Crippen LogP contribution in [0.3, 0.4) is 0 Å². The molecule has 0 aromatic heterocycles. The molecule has 0 aliphatic rings. The molecule has 0 unspecified atom stereocenters. The highest BCUT2D eigenvalue weighted by atomic mass is 16.5. The van der Waals surface area contributed by atoms with Gasteiger partial charge in [0.25, 0.3) is 0 Å². The van der Waals surface area contributed by atoms with Gasteiger partial charge in [-0.2, -0.15) is 5.26 Å². The first-order chi connectivity index (χ1) is 8.64. The zero-order chi connectivity index (χ0) is 13.6. The highest BCUT2D eigenvalue weighted by molar-refractivity contribution is 5.61. The summed E-state index contributed by atoms with van der Waals surface area (Å²) in [5.74, 6) is 0.527. The van der Waals surface area contributed by atoms with Gasteiger partial charge in [-0.1, -0.05) is 0 Å². The molecule has 0 aliphatic heterocycles. The molecule has 98 valence electrons. The highest BCUT2D eigenvalue weighted by Gasteiger charge is 2.28. The Bertz CT molecular complexity index is 430. The highest BCUT2D eigenvalue weighted by Crippen LogP contribution is 2.24. The maximum absolute atomic E-state index is 9.23. The van der Waals surface area contributed by atoms with Crippen LogP contribution in [-0.4, -0.2) is 47.8 Å². The van der Waals surface area contributed by atoms with E-state index in [9.17, 15) is 15.3 Å². The average molecular weight is 252 g/mol. The van der Waals surface area contributed by atoms with Crippen LogP contribution in [0.4, 0.5) is 5.69 Å². The van der Waals surface area contributed by atoms with Crippen LogP contribution in [0.5, 0.6) is 5.75 Å². The number of aliphatic hydroxyl groups is 3. The fourth-order valence-corrected chi connectivity index (χ4v) is 1.41. The zero-order valence-corrected chi connectivity index (χ0v) is 10.1. The van der Waals surface area contributed by atoms with Gasteiger partial charge in [0, 0.05) is 6.07 Å². The van der Waals surface area contributed by atoms with Gasteiger partial charge >= 0.3 is 0 Å². The summed E-state index contributed by atoms with van der Waals surface area (Å²) >= 11 is 0. The summed E-state index contributed by atoms with van der Waals surface area (Å²) in [7, 11) is 1.49. The molecule has 0 heterocycles. The van der Waals surface area contributed by atoms with Crippen LogP contribution in [0.15, 0.2) is 18.2 Å². The quantitative estimate of drug-likeness (QED) is 0.553. The standard InChI is InChI=1S/C12H16N2O4/c1-18-10-3-2-9(5-13)11(4-10)14-12(6-15,7-16)8-17/h2-4,14-17H,6-8H2,1H3. The number of nitriles is 1. The van der Waals surface area contributed by atoms with Crippen molar-refractivity contribution in [3.63, 3.8) is 0 Å². The van der Waals surface area contributed by atoms with E-state index < -0.39 is 25.4 Å². The molecule has 0 bridgehead atoms. The summed E-state index contributed by atoms with van der Waals surface area (Å²) in [5.41, 5.74) is -0.567. The number of hydrogen-bond acceptors (Lipinski definition) is 6. The Labute approximate surface area is 105 Å². The molecule has 0 amide bonds. The summed E-state index contributed by atoms with van der Waals surface area (Å²) in [4.78, 5) is 0. The number of rotatable bonds is 6. The lowest BCUT2D eigenvalue weighted by molar-refractivity contribution is 0.0833. The summed E-state index contributed by atoms with van der Waals surface area (Å²) in [6.07, 6.45) is 0. The maximum Gasteiger partial charge on any atom is 0.121 e. The van der Waals surface area contributed by atoms with Gasteiger partial charge in [0.2, 0.25) is 0 Å². The molecular formula is C12H16N2O4. The van der Waals surface area contributed by atoms with Crippen molar-refractivity contribution in [3.8, 4) is 11.8 Å². The summed E-state index contributed by atoms with van der Waals surface area (Å²) in [5, 5.41) is 39.5. The molecule has 4 N–H and O–H groups in total. The molecule has 0 spiro atoms. The summed E-state index contributed by atoms with van der Waals surface area (Å²) in [6, 6.07) is 6.72. The van der Waals surface area contributed by atoms with Crippen molar-refractivity contribution in [2.75, 3.05) is 32.2 Å². The molecule has 0 aliphatic carbocycles. The Kier molecular flexibility index (Phi) is 4.92. The van der Waals surface area contributed by atoms with Crippen molar-refractivity contribution < 1.29 is 20.1 Å². The molecule has 0 saturated heterocycles. The zero-order valence-electron chi connectivity index (χ0n) is 10.1. The summed E-state index contributed by atoms with van der Waals surface area (Å²) in [6.45, 7) is -1.41. The first-order valence-corrected chi connectivity index (χ1v) is 5.33. The lowest BCUT2D eigenvalue weighted by Gasteiger charge is -2.30. The minimum absolute atomic E-state index is 0.329. The van der Waals surface area contributed by atoms with Gasteiger partial charge < -0.3 is 25.4 Å². The van der Waals surface area contributed by atoms with Crippen molar-refractivity contribution in [2.45, 2.75) is 5.54 Å². The molecule has 0 fully saturated rings. The number of nitrogens with one attached hydrogen (secondary N) is 1. The van der Waals surface area contributed by atoms with Crippen LogP contribution in [-0.2, 0) is 0 Å². The SMILES string of the molecule is COc1ccc(C#N)c(NC(CO)(CO)CO)c1. The third-order valence-electron chi connectivity index (χ3n) is 2.66. The Hall–Kier alpha value is -1.81. The second-order valence-electron chi connectivity index (χ2n) is 3.90. The number of hydrogen-bond donors (Lipinski definition) is 4. The van der Waals surface area contributed by atoms with Gasteiger partial charge in [0.05, 0.1) is 38.2 Å². The Morgan fingerprint density at radius 2 is 1.89 bits per heavy atom. The lowest BCUT2D eigenvalue weighted by Crippen LogP contribution is -2.49. The largest absolute Gasteiger partial charge is 0.497 e. The molecule has 6 nitrogen and oxygen atoms in total. The van der Waals surface area contributed by atoms with Crippen molar-refractivity contribution >= 4 is 5.69 Å². The normalized spacial score (nSPS) is 10.8. The predicted molar refractivity (Wildman–Crippen MR) is 65.3 cm³/mol. The smallest absolute Gasteiger partial charge is 0.121 e. The van der Waals surface area contributed by atoms with Crippen molar-refractivity contribution in [3.05, 3.63) is 23.8 Å². The van der Waals surface area contributed by atoms with Crippen LogP contribution in [0.2, 0.25) is 0 Å². The molecule has 1 aromatic carbocycles. The maximum atomic E-state index is 9.23. The number of anilines is 1. The van der Waals surface area contributed by atoms with E-state index in [0.717, 1.165) is 0 Å². The molecular weight excluding hydrogens is 236 g/mol. The number of benzene rings is 1. The number of aliphatic hydroxyl groups excluding tert-OH is 3. The monoisotopic (exact) mass is 252 g/mol. The number of methoxy groups -OCH3 is 1. The Morgan fingerprint density at radius 1 is 1.28 bits per heavy atom. The van der Waals surface area contributed by atoms with E-state index in [0.29, 0.717) is 17.0 Å². The van der Waals surface area contributed by atoms with Gasteiger partial charge in [-0.15, -0.1) is 0 Å². The fraction of sp³-hybridized carbons (Fsp3) is 0.417. The topological polar surface area (TPSA) is 106 Å². The number of nitrogens with zero attached hydrogens (tertiary/aromatic N) is 1. The molecule has 1 aromatic rings. The van der Waals surface area contributed by atoms with Gasteiger partial charge in [-0.25, -0.2) is 0 Å². The van der Waals surface area contributed by atoms with E-state index >= 15 is 0 Å². The van der Waals surface area contributed by atoms with E-state index in [2.05, 4.69) is 5.32 Å². The van der Waals surface area contributed by atoms with E-state index in [1.165, 1.54) is 7.11 Å². The predicted octanol–water partition coefficient (Wildman–Crippen LogP) is -0.306. The molecule has 1 rings (SSSR count). The molecule has 6 heteroatoms. The van der Waals surface area contributed by atoms with Gasteiger partial charge in [0.15, 0.2) is 0 Å². The van der Waals surface area contributed by atoms with Gasteiger partial charge in [0.1, 0.15) is 17.4 Å². The first kappa shape index (κ1) is 14.3. The van der Waals surface area contributed by atoms with Gasteiger partial charge in [-0.05, 0) is 12.1 Å². The Balaban J connectivity index is 3.12. The molecule has 0 saturated carbocycles. The van der Waals surface area contributed by atoms with Gasteiger partial charge in [-0.3, -0.25) is 0 Å². The van der Waals surface area contributed by atoms with E-state index in [4.69, 9.17) is 10.00 Å². The molecule has 0 radical (unpaired) electrons. The lowest BCUT2D eigenvalue weighted by atomic mass is 10.0. The second kappa shape index (κ2) is 6.21.